The molecule has 1 aliphatic rings. The Morgan fingerprint density at radius 3 is 2.17 bits per heavy atom. The summed E-state index contributed by atoms with van der Waals surface area (Å²) < 4.78 is 40.8. The normalized spacial score (nSPS) is 16.5. The van der Waals surface area contributed by atoms with Crippen molar-refractivity contribution in [2.75, 3.05) is 31.1 Å². The van der Waals surface area contributed by atoms with Crippen molar-refractivity contribution in [1.29, 1.82) is 0 Å². The average Bonchev–Trinajstić information content (AvgIpc) is 2.56. The van der Waals surface area contributed by atoms with Gasteiger partial charge in [0.1, 0.15) is 5.82 Å². The molecule has 0 bridgehead atoms. The van der Waals surface area contributed by atoms with Gasteiger partial charge in [-0.3, -0.25) is 0 Å². The Labute approximate surface area is 136 Å². The number of aryl methyl sites for hydroxylation is 1. The lowest BCUT2D eigenvalue weighted by atomic mass is 10.2. The van der Waals surface area contributed by atoms with E-state index in [4.69, 9.17) is 0 Å². The molecular formula is C17H19FN2O2S. The minimum atomic E-state index is -3.50. The van der Waals surface area contributed by atoms with Gasteiger partial charge in [-0.05, 0) is 30.7 Å². The van der Waals surface area contributed by atoms with Crippen LogP contribution in [0.3, 0.4) is 0 Å². The van der Waals surface area contributed by atoms with E-state index in [-0.39, 0.29) is 5.82 Å². The van der Waals surface area contributed by atoms with Crippen LogP contribution >= 0.6 is 0 Å². The fourth-order valence-electron chi connectivity index (χ4n) is 2.86. The molecule has 23 heavy (non-hydrogen) atoms. The summed E-state index contributed by atoms with van der Waals surface area (Å²) in [6.07, 6.45) is 0. The molecule has 0 aliphatic carbocycles. The van der Waals surface area contributed by atoms with Crippen LogP contribution in [-0.4, -0.2) is 38.9 Å². The molecule has 4 nitrogen and oxygen atoms in total. The van der Waals surface area contributed by atoms with Gasteiger partial charge in [-0.15, -0.1) is 0 Å². The zero-order valence-electron chi connectivity index (χ0n) is 12.9. The monoisotopic (exact) mass is 334 g/mol. The Kier molecular flexibility index (Phi) is 4.37. The van der Waals surface area contributed by atoms with Crippen molar-refractivity contribution in [3.05, 3.63) is 59.9 Å². The molecule has 0 amide bonds. The molecule has 2 aromatic rings. The summed E-state index contributed by atoms with van der Waals surface area (Å²) in [5.74, 6) is -0.275. The molecule has 1 aliphatic heterocycles. The summed E-state index contributed by atoms with van der Waals surface area (Å²) in [6, 6.07) is 13.6. The number of benzene rings is 2. The Balaban J connectivity index is 1.77. The number of halogens is 1. The van der Waals surface area contributed by atoms with E-state index >= 15 is 0 Å². The van der Waals surface area contributed by atoms with Crippen molar-refractivity contribution >= 4 is 15.7 Å². The van der Waals surface area contributed by atoms with Crippen LogP contribution in [0.5, 0.6) is 0 Å². The number of piperazine rings is 1. The minimum Gasteiger partial charge on any atom is -0.367 e. The van der Waals surface area contributed by atoms with Crippen LogP contribution in [0.25, 0.3) is 0 Å². The van der Waals surface area contributed by atoms with Gasteiger partial charge in [-0.2, -0.15) is 4.31 Å². The Hall–Kier alpha value is -1.92. The third kappa shape index (κ3) is 3.09. The molecule has 1 heterocycles. The standard InChI is InChI=1S/C17H19FN2O2S/c1-14-6-2-5-9-17(14)23(21,22)20-12-10-19(11-13-20)16-8-4-3-7-15(16)18/h2-9H,10-13H2,1H3. The maximum Gasteiger partial charge on any atom is 0.243 e. The van der Waals surface area contributed by atoms with Gasteiger partial charge in [0.15, 0.2) is 0 Å². The predicted octanol–water partition coefficient (Wildman–Crippen LogP) is 2.65. The summed E-state index contributed by atoms with van der Waals surface area (Å²) >= 11 is 0. The Morgan fingerprint density at radius 1 is 0.913 bits per heavy atom. The van der Waals surface area contributed by atoms with E-state index in [1.54, 1.807) is 43.3 Å². The van der Waals surface area contributed by atoms with Crippen LogP contribution in [0.2, 0.25) is 0 Å². The highest BCUT2D eigenvalue weighted by Crippen LogP contribution is 2.24. The van der Waals surface area contributed by atoms with Gasteiger partial charge >= 0.3 is 0 Å². The minimum absolute atomic E-state index is 0.275. The lowest BCUT2D eigenvalue weighted by molar-refractivity contribution is 0.383. The number of para-hydroxylation sites is 1. The van der Waals surface area contributed by atoms with Gasteiger partial charge in [0, 0.05) is 26.2 Å². The quantitative estimate of drug-likeness (QED) is 0.866. The first kappa shape index (κ1) is 16.0. The first-order valence-electron chi connectivity index (χ1n) is 7.55. The number of anilines is 1. The molecule has 6 heteroatoms. The van der Waals surface area contributed by atoms with Gasteiger partial charge < -0.3 is 4.90 Å². The van der Waals surface area contributed by atoms with Crippen molar-refractivity contribution < 1.29 is 12.8 Å². The predicted molar refractivity (Wildman–Crippen MR) is 88.6 cm³/mol. The number of rotatable bonds is 3. The first-order chi connectivity index (χ1) is 11.0. The second-order valence-electron chi connectivity index (χ2n) is 5.61. The third-order valence-corrected chi connectivity index (χ3v) is 6.20. The smallest absolute Gasteiger partial charge is 0.243 e. The zero-order valence-corrected chi connectivity index (χ0v) is 13.8. The molecule has 2 aromatic carbocycles. The molecular weight excluding hydrogens is 315 g/mol. The maximum atomic E-state index is 13.8. The summed E-state index contributed by atoms with van der Waals surface area (Å²) in [6.45, 7) is 3.45. The Bertz CT molecular complexity index is 800. The van der Waals surface area contributed by atoms with Crippen LogP contribution in [0.4, 0.5) is 10.1 Å². The largest absolute Gasteiger partial charge is 0.367 e. The van der Waals surface area contributed by atoms with Gasteiger partial charge in [-0.1, -0.05) is 30.3 Å². The highest BCUT2D eigenvalue weighted by molar-refractivity contribution is 7.89. The van der Waals surface area contributed by atoms with Crippen LogP contribution in [0.15, 0.2) is 53.4 Å². The van der Waals surface area contributed by atoms with Crippen molar-refractivity contribution in [3.63, 3.8) is 0 Å². The molecule has 0 aromatic heterocycles. The molecule has 0 unspecified atom stereocenters. The molecule has 1 saturated heterocycles. The van der Waals surface area contributed by atoms with Crippen LogP contribution in [0, 0.1) is 12.7 Å². The summed E-state index contributed by atoms with van der Waals surface area (Å²) in [7, 11) is -3.50. The molecule has 3 rings (SSSR count). The van der Waals surface area contributed by atoms with Gasteiger partial charge in [0.2, 0.25) is 10.0 Å². The second-order valence-corrected chi connectivity index (χ2v) is 7.51. The highest BCUT2D eigenvalue weighted by atomic mass is 32.2. The number of hydrogen-bond acceptors (Lipinski definition) is 3. The number of nitrogens with zero attached hydrogens (tertiary/aromatic N) is 2. The summed E-state index contributed by atoms with van der Waals surface area (Å²) in [5, 5.41) is 0. The zero-order chi connectivity index (χ0) is 16.4. The average molecular weight is 334 g/mol. The molecule has 0 atom stereocenters. The molecule has 0 radical (unpaired) electrons. The lowest BCUT2D eigenvalue weighted by Crippen LogP contribution is -2.49. The van der Waals surface area contributed by atoms with E-state index in [9.17, 15) is 12.8 Å². The molecule has 0 N–H and O–H groups in total. The number of sulfonamides is 1. The van der Waals surface area contributed by atoms with Crippen molar-refractivity contribution in [3.8, 4) is 0 Å². The molecule has 0 saturated carbocycles. The van der Waals surface area contributed by atoms with Crippen LogP contribution < -0.4 is 4.90 Å². The second kappa shape index (κ2) is 6.29. The van der Waals surface area contributed by atoms with E-state index in [2.05, 4.69) is 0 Å². The third-order valence-electron chi connectivity index (χ3n) is 4.14. The maximum absolute atomic E-state index is 13.8. The van der Waals surface area contributed by atoms with Crippen LogP contribution in [0.1, 0.15) is 5.56 Å². The fourth-order valence-corrected chi connectivity index (χ4v) is 4.51. The summed E-state index contributed by atoms with van der Waals surface area (Å²) in [5.41, 5.74) is 1.27. The molecule has 122 valence electrons. The van der Waals surface area contributed by atoms with Gasteiger partial charge in [-0.25, -0.2) is 12.8 Å². The van der Waals surface area contributed by atoms with E-state index in [0.717, 1.165) is 5.56 Å². The lowest BCUT2D eigenvalue weighted by Gasteiger charge is -2.35. The topological polar surface area (TPSA) is 40.6 Å². The fraction of sp³-hybridized carbons (Fsp3) is 0.294. The van der Waals surface area contributed by atoms with Crippen molar-refractivity contribution in [1.82, 2.24) is 4.31 Å². The first-order valence-corrected chi connectivity index (χ1v) is 8.99. The van der Waals surface area contributed by atoms with Gasteiger partial charge in [0.25, 0.3) is 0 Å². The van der Waals surface area contributed by atoms with Crippen molar-refractivity contribution in [2.24, 2.45) is 0 Å². The van der Waals surface area contributed by atoms with E-state index in [1.165, 1.54) is 10.4 Å². The van der Waals surface area contributed by atoms with E-state index in [1.807, 2.05) is 11.0 Å². The summed E-state index contributed by atoms with van der Waals surface area (Å²) in [4.78, 5) is 2.23. The molecule has 0 spiro atoms. The van der Waals surface area contributed by atoms with Gasteiger partial charge in [0.05, 0.1) is 10.6 Å². The highest BCUT2D eigenvalue weighted by Gasteiger charge is 2.29. The van der Waals surface area contributed by atoms with Crippen molar-refractivity contribution in [2.45, 2.75) is 11.8 Å². The van der Waals surface area contributed by atoms with Crippen LogP contribution in [-0.2, 0) is 10.0 Å². The van der Waals surface area contributed by atoms with E-state index < -0.39 is 10.0 Å². The SMILES string of the molecule is Cc1ccccc1S(=O)(=O)N1CCN(c2ccccc2F)CC1. The van der Waals surface area contributed by atoms with E-state index in [0.29, 0.717) is 36.8 Å². The Morgan fingerprint density at radius 2 is 1.52 bits per heavy atom. The molecule has 1 fully saturated rings. The number of hydrogen-bond donors (Lipinski definition) is 0.